The lowest BCUT2D eigenvalue weighted by Crippen LogP contribution is -2.55. The molecule has 4 nitrogen and oxygen atoms in total. The minimum atomic E-state index is 0.0358. The molecule has 28 heavy (non-hydrogen) atoms. The zero-order valence-corrected chi connectivity index (χ0v) is 18.0. The first kappa shape index (κ1) is 19.6. The summed E-state index contributed by atoms with van der Waals surface area (Å²) >= 11 is 1.49. The molecule has 0 radical (unpaired) electrons. The van der Waals surface area contributed by atoms with Crippen LogP contribution in [0.4, 0.5) is 0 Å². The van der Waals surface area contributed by atoms with Crippen LogP contribution in [0.1, 0.15) is 60.0 Å². The molecule has 0 aliphatic carbocycles. The molecule has 4 rings (SSSR count). The number of amides is 1. The summed E-state index contributed by atoms with van der Waals surface area (Å²) in [4.78, 5) is 23.6. The van der Waals surface area contributed by atoms with Gasteiger partial charge in [0.1, 0.15) is 4.88 Å². The molecule has 1 aromatic heterocycles. The molecule has 0 bridgehead atoms. The van der Waals surface area contributed by atoms with Crippen LogP contribution in [0, 0.1) is 6.92 Å². The molecule has 0 N–H and O–H groups in total. The summed E-state index contributed by atoms with van der Waals surface area (Å²) in [5, 5.41) is 0. The topological polar surface area (TPSA) is 36.4 Å². The highest BCUT2D eigenvalue weighted by Crippen LogP contribution is 2.43. The van der Waals surface area contributed by atoms with E-state index in [-0.39, 0.29) is 23.5 Å². The Morgan fingerprint density at radius 2 is 2.04 bits per heavy atom. The number of nitrogens with zero attached hydrogens (tertiary/aromatic N) is 3. The number of aryl methyl sites for hydroxylation is 1. The molecule has 1 aromatic carbocycles. The molecule has 3 heterocycles. The first-order chi connectivity index (χ1) is 13.5. The second-order valence-electron chi connectivity index (χ2n) is 8.67. The Balaban J connectivity index is 1.72. The van der Waals surface area contributed by atoms with Crippen molar-refractivity contribution in [2.24, 2.45) is 0 Å². The molecule has 2 aliphatic heterocycles. The first-order valence-corrected chi connectivity index (χ1v) is 11.4. The van der Waals surface area contributed by atoms with E-state index in [4.69, 9.17) is 0 Å². The molecule has 3 atom stereocenters. The van der Waals surface area contributed by atoms with Gasteiger partial charge in [0.05, 0.1) is 17.2 Å². The standard InChI is InChI=1S/C23H31N3OS/c1-17-21(28-16-24-17)22(27)26-19(14-18-10-6-4-7-11-18)15-23(2)20(26)12-8-5-9-13-25(23)3/h4,6-7,10-11,16,19-20H,5,8-9,12-15H2,1-3H3/t19-,20+,23+/m1/s1. The summed E-state index contributed by atoms with van der Waals surface area (Å²) in [6.07, 6.45) is 6.76. The maximum atomic E-state index is 13.7. The van der Waals surface area contributed by atoms with E-state index in [2.05, 4.69) is 59.1 Å². The van der Waals surface area contributed by atoms with Gasteiger partial charge < -0.3 is 4.90 Å². The van der Waals surface area contributed by atoms with Crippen molar-refractivity contribution < 1.29 is 4.79 Å². The molecular formula is C23H31N3OS. The predicted octanol–water partition coefficient (Wildman–Crippen LogP) is 4.54. The van der Waals surface area contributed by atoms with Gasteiger partial charge >= 0.3 is 0 Å². The quantitative estimate of drug-likeness (QED) is 0.763. The number of hydrogen-bond donors (Lipinski definition) is 0. The Hall–Kier alpha value is -1.72. The average molecular weight is 398 g/mol. The molecule has 150 valence electrons. The number of hydrogen-bond acceptors (Lipinski definition) is 4. The summed E-state index contributed by atoms with van der Waals surface area (Å²) in [6.45, 7) is 5.45. The number of likely N-dealkylation sites (tertiary alicyclic amines) is 2. The normalized spacial score (nSPS) is 28.6. The van der Waals surface area contributed by atoms with Crippen LogP contribution < -0.4 is 0 Å². The maximum absolute atomic E-state index is 13.7. The van der Waals surface area contributed by atoms with Gasteiger partial charge in [-0.05, 0) is 58.7 Å². The van der Waals surface area contributed by atoms with Crippen LogP contribution in [0.15, 0.2) is 35.8 Å². The van der Waals surface area contributed by atoms with Crippen molar-refractivity contribution in [2.45, 2.75) is 70.0 Å². The van der Waals surface area contributed by atoms with Crippen molar-refractivity contribution in [1.82, 2.24) is 14.8 Å². The van der Waals surface area contributed by atoms with Crippen molar-refractivity contribution in [1.29, 1.82) is 0 Å². The maximum Gasteiger partial charge on any atom is 0.266 e. The summed E-state index contributed by atoms with van der Waals surface area (Å²) < 4.78 is 0. The second-order valence-corrected chi connectivity index (χ2v) is 9.53. The van der Waals surface area contributed by atoms with Gasteiger partial charge in [0, 0.05) is 11.6 Å². The number of rotatable bonds is 3. The van der Waals surface area contributed by atoms with Crippen LogP contribution in [0.2, 0.25) is 0 Å². The van der Waals surface area contributed by atoms with E-state index in [0.717, 1.165) is 36.4 Å². The van der Waals surface area contributed by atoms with E-state index < -0.39 is 0 Å². The number of fused-ring (bicyclic) bond motifs is 1. The van der Waals surface area contributed by atoms with E-state index in [0.29, 0.717) is 0 Å². The Labute approximate surface area is 172 Å². The fraction of sp³-hybridized carbons (Fsp3) is 0.565. The van der Waals surface area contributed by atoms with Crippen LogP contribution in [-0.4, -0.2) is 51.9 Å². The lowest BCUT2D eigenvalue weighted by molar-refractivity contribution is 0.0457. The summed E-state index contributed by atoms with van der Waals surface area (Å²) in [7, 11) is 2.25. The SMILES string of the molecule is Cc1ncsc1C(=O)N1[C@H](Cc2ccccc2)C[C@@]2(C)[C@@H]1CCCCCN2C. The van der Waals surface area contributed by atoms with Crippen LogP contribution in [0.3, 0.4) is 0 Å². The highest BCUT2D eigenvalue weighted by atomic mass is 32.1. The van der Waals surface area contributed by atoms with E-state index >= 15 is 0 Å². The van der Waals surface area contributed by atoms with Gasteiger partial charge in [-0.1, -0.05) is 43.2 Å². The average Bonchev–Trinajstić information content (AvgIpc) is 3.22. The zero-order chi connectivity index (χ0) is 19.7. The van der Waals surface area contributed by atoms with E-state index in [1.54, 1.807) is 5.51 Å². The Bertz CT molecular complexity index is 820. The van der Waals surface area contributed by atoms with Gasteiger partial charge in [-0.25, -0.2) is 4.98 Å². The molecule has 2 fully saturated rings. The third-order valence-electron chi connectivity index (χ3n) is 6.93. The summed E-state index contributed by atoms with van der Waals surface area (Å²) in [5.41, 5.74) is 4.01. The fourth-order valence-corrected chi connectivity index (χ4v) is 5.98. The molecule has 2 saturated heterocycles. The number of thiazole rings is 1. The number of benzene rings is 1. The van der Waals surface area contributed by atoms with Crippen molar-refractivity contribution >= 4 is 17.2 Å². The van der Waals surface area contributed by atoms with Gasteiger partial charge in [0.15, 0.2) is 0 Å². The van der Waals surface area contributed by atoms with Gasteiger partial charge in [0.2, 0.25) is 0 Å². The van der Waals surface area contributed by atoms with Crippen molar-refractivity contribution in [3.05, 3.63) is 52.0 Å². The largest absolute Gasteiger partial charge is 0.330 e. The van der Waals surface area contributed by atoms with Crippen LogP contribution in [0.5, 0.6) is 0 Å². The van der Waals surface area contributed by atoms with E-state index in [1.807, 2.05) is 6.92 Å². The molecule has 1 amide bonds. The third-order valence-corrected chi connectivity index (χ3v) is 7.84. The number of likely N-dealkylation sites (N-methyl/N-ethyl adjacent to an activating group) is 1. The van der Waals surface area contributed by atoms with Crippen molar-refractivity contribution in [3.8, 4) is 0 Å². The van der Waals surface area contributed by atoms with E-state index in [9.17, 15) is 4.79 Å². The van der Waals surface area contributed by atoms with Crippen LogP contribution in [0.25, 0.3) is 0 Å². The molecule has 0 spiro atoms. The molecule has 2 aromatic rings. The zero-order valence-electron chi connectivity index (χ0n) is 17.2. The van der Waals surface area contributed by atoms with Crippen LogP contribution in [-0.2, 0) is 6.42 Å². The fourth-order valence-electron chi connectivity index (χ4n) is 5.23. The predicted molar refractivity (Wildman–Crippen MR) is 115 cm³/mol. The van der Waals surface area contributed by atoms with Gasteiger partial charge in [-0.3, -0.25) is 9.69 Å². The van der Waals surface area contributed by atoms with Gasteiger partial charge in [-0.15, -0.1) is 11.3 Å². The Morgan fingerprint density at radius 1 is 1.25 bits per heavy atom. The minimum absolute atomic E-state index is 0.0358. The first-order valence-electron chi connectivity index (χ1n) is 10.5. The second kappa shape index (κ2) is 7.96. The lowest BCUT2D eigenvalue weighted by atomic mass is 9.84. The Kier molecular flexibility index (Phi) is 5.57. The highest BCUT2D eigenvalue weighted by molar-refractivity contribution is 7.11. The van der Waals surface area contributed by atoms with E-state index in [1.165, 1.54) is 36.2 Å². The minimum Gasteiger partial charge on any atom is -0.330 e. The molecule has 2 aliphatic rings. The summed E-state index contributed by atoms with van der Waals surface area (Å²) in [5.74, 6) is 0.184. The van der Waals surface area contributed by atoms with Gasteiger partial charge in [-0.2, -0.15) is 0 Å². The Morgan fingerprint density at radius 3 is 2.75 bits per heavy atom. The molecule has 5 heteroatoms. The third kappa shape index (κ3) is 3.50. The van der Waals surface area contributed by atoms with Crippen molar-refractivity contribution in [2.75, 3.05) is 13.6 Å². The van der Waals surface area contributed by atoms with Crippen molar-refractivity contribution in [3.63, 3.8) is 0 Å². The van der Waals surface area contributed by atoms with Gasteiger partial charge in [0.25, 0.3) is 5.91 Å². The lowest BCUT2D eigenvalue weighted by Gasteiger charge is -2.43. The summed E-state index contributed by atoms with van der Waals surface area (Å²) in [6, 6.07) is 11.1. The number of carbonyl (C=O) groups excluding carboxylic acids is 1. The number of carbonyl (C=O) groups is 1. The molecule has 0 unspecified atom stereocenters. The number of aromatic nitrogens is 1. The highest BCUT2D eigenvalue weighted by Gasteiger charge is 2.53. The molecular weight excluding hydrogens is 366 g/mol. The smallest absolute Gasteiger partial charge is 0.266 e. The molecule has 0 saturated carbocycles. The monoisotopic (exact) mass is 397 g/mol. The van der Waals surface area contributed by atoms with Crippen LogP contribution >= 0.6 is 11.3 Å².